The number of rotatable bonds is 0. The smallest absolute Gasteiger partial charge is 0.171 e. The number of hydrogen-bond acceptors (Lipinski definition) is 2. The van der Waals surface area contributed by atoms with Crippen LogP contribution in [-0.4, -0.2) is 10.1 Å². The van der Waals surface area contributed by atoms with Crippen LogP contribution in [0.5, 0.6) is 5.75 Å². The van der Waals surface area contributed by atoms with E-state index in [-0.39, 0.29) is 5.02 Å². The van der Waals surface area contributed by atoms with E-state index in [9.17, 15) is 4.39 Å². The highest BCUT2D eigenvalue weighted by molar-refractivity contribution is 6.36. The summed E-state index contributed by atoms with van der Waals surface area (Å²) in [6.07, 6.45) is 1.54. The van der Waals surface area contributed by atoms with Crippen LogP contribution >= 0.6 is 11.6 Å². The van der Waals surface area contributed by atoms with Gasteiger partial charge in [-0.05, 0) is 12.1 Å². The van der Waals surface area contributed by atoms with Gasteiger partial charge in [-0.15, -0.1) is 0 Å². The Labute approximate surface area is 78.6 Å². The molecule has 0 saturated heterocycles. The van der Waals surface area contributed by atoms with Gasteiger partial charge in [0.2, 0.25) is 0 Å². The molecule has 0 unspecified atom stereocenters. The van der Waals surface area contributed by atoms with Gasteiger partial charge in [0.05, 0.1) is 10.5 Å². The van der Waals surface area contributed by atoms with Crippen LogP contribution in [0.2, 0.25) is 5.02 Å². The fourth-order valence-electron chi connectivity index (χ4n) is 1.14. The summed E-state index contributed by atoms with van der Waals surface area (Å²) in [4.78, 5) is 3.91. The SMILES string of the molecule is Oc1c([18F])cc2ncccc2c1Cl. The third-order valence-corrected chi connectivity index (χ3v) is 2.16. The minimum atomic E-state index is -0.754. The summed E-state index contributed by atoms with van der Waals surface area (Å²) in [7, 11) is 0. The van der Waals surface area contributed by atoms with Gasteiger partial charge in [-0.3, -0.25) is 4.98 Å². The molecule has 2 rings (SSSR count). The topological polar surface area (TPSA) is 33.1 Å². The molecule has 4 heteroatoms. The third-order valence-electron chi connectivity index (χ3n) is 1.77. The molecule has 1 N–H and O–H groups in total. The van der Waals surface area contributed by atoms with Crippen molar-refractivity contribution in [3.63, 3.8) is 0 Å². The first-order chi connectivity index (χ1) is 6.20. The van der Waals surface area contributed by atoms with Gasteiger partial charge in [0, 0.05) is 17.6 Å². The summed E-state index contributed by atoms with van der Waals surface area (Å²) >= 11 is 5.70. The van der Waals surface area contributed by atoms with E-state index < -0.39 is 11.6 Å². The van der Waals surface area contributed by atoms with Crippen LogP contribution in [0.4, 0.5) is 4.39 Å². The molecule has 13 heavy (non-hydrogen) atoms. The Morgan fingerprint density at radius 3 is 3.00 bits per heavy atom. The van der Waals surface area contributed by atoms with Crippen LogP contribution in [0.3, 0.4) is 0 Å². The summed E-state index contributed by atoms with van der Waals surface area (Å²) in [5.74, 6) is -1.28. The molecule has 0 radical (unpaired) electrons. The zero-order valence-electron chi connectivity index (χ0n) is 6.46. The molecule has 0 aliphatic rings. The number of aromatic hydroxyl groups is 1. The first kappa shape index (κ1) is 8.26. The van der Waals surface area contributed by atoms with Crippen LogP contribution in [0.25, 0.3) is 10.9 Å². The van der Waals surface area contributed by atoms with Crippen molar-refractivity contribution in [1.82, 2.24) is 4.98 Å². The van der Waals surface area contributed by atoms with Crippen LogP contribution in [0.15, 0.2) is 24.4 Å². The Bertz CT molecular complexity index is 472. The molecule has 2 aromatic rings. The van der Waals surface area contributed by atoms with Crippen molar-refractivity contribution in [2.45, 2.75) is 0 Å². The largest absolute Gasteiger partial charge is 0.504 e. The monoisotopic (exact) mass is 196 g/mol. The Kier molecular flexibility index (Phi) is 1.81. The fraction of sp³-hybridized carbons (Fsp3) is 0. The molecule has 0 spiro atoms. The molecule has 2 nitrogen and oxygen atoms in total. The van der Waals surface area contributed by atoms with E-state index >= 15 is 0 Å². The number of aromatic nitrogens is 1. The van der Waals surface area contributed by atoms with Gasteiger partial charge in [0.1, 0.15) is 0 Å². The van der Waals surface area contributed by atoms with Gasteiger partial charge in [0.15, 0.2) is 11.6 Å². The van der Waals surface area contributed by atoms with Crippen molar-refractivity contribution in [3.8, 4) is 5.75 Å². The van der Waals surface area contributed by atoms with Crippen molar-refractivity contribution >= 4 is 22.5 Å². The highest BCUT2D eigenvalue weighted by atomic mass is 35.5. The lowest BCUT2D eigenvalue weighted by atomic mass is 10.2. The fourth-order valence-corrected chi connectivity index (χ4v) is 1.39. The number of pyridine rings is 1. The highest BCUT2D eigenvalue weighted by Crippen LogP contribution is 2.33. The molecule has 0 atom stereocenters. The molecule has 0 aliphatic heterocycles. The Morgan fingerprint density at radius 1 is 1.46 bits per heavy atom. The molecule has 0 aliphatic carbocycles. The summed E-state index contributed by atoms with van der Waals surface area (Å²) in [6.45, 7) is 0. The zero-order chi connectivity index (χ0) is 9.42. The zero-order valence-corrected chi connectivity index (χ0v) is 7.22. The molecule has 1 heterocycles. The minimum Gasteiger partial charge on any atom is -0.504 e. The Hall–Kier alpha value is -1.35. The number of phenolic OH excluding ortho intramolecular Hbond substituents is 1. The molecule has 1 aromatic carbocycles. The summed E-state index contributed by atoms with van der Waals surface area (Å²) in [5, 5.41) is 9.72. The average Bonchev–Trinajstić information content (AvgIpc) is 2.15. The van der Waals surface area contributed by atoms with Gasteiger partial charge in [-0.1, -0.05) is 11.6 Å². The Morgan fingerprint density at radius 2 is 2.23 bits per heavy atom. The number of fused-ring (bicyclic) bond motifs is 1. The van der Waals surface area contributed by atoms with Gasteiger partial charge < -0.3 is 5.11 Å². The molecule has 0 amide bonds. The van der Waals surface area contributed by atoms with Crippen LogP contribution in [-0.2, 0) is 0 Å². The van der Waals surface area contributed by atoms with E-state index in [0.29, 0.717) is 10.9 Å². The molecule has 0 bridgehead atoms. The second-order valence-corrected chi connectivity index (χ2v) is 2.97. The maximum absolute atomic E-state index is 12.9. The summed E-state index contributed by atoms with van der Waals surface area (Å²) in [6, 6.07) is 4.49. The van der Waals surface area contributed by atoms with Crippen LogP contribution in [0, 0.1) is 5.82 Å². The van der Waals surface area contributed by atoms with Gasteiger partial charge in [-0.2, -0.15) is 0 Å². The maximum atomic E-state index is 12.9. The van der Waals surface area contributed by atoms with Gasteiger partial charge in [-0.25, -0.2) is 4.39 Å². The first-order valence-corrected chi connectivity index (χ1v) is 3.99. The molecule has 0 fully saturated rings. The second-order valence-electron chi connectivity index (χ2n) is 2.59. The standard InChI is InChI=1S/C9H5ClFNO/c10-8-5-2-1-3-12-7(5)4-6(11)9(8)13/h1-4,13H/i11-1. The molecule has 0 saturated carbocycles. The summed E-state index contributed by atoms with van der Waals surface area (Å²) < 4.78 is 12.9. The molecule has 1 aromatic heterocycles. The lowest BCUT2D eigenvalue weighted by Crippen LogP contribution is -1.83. The maximum Gasteiger partial charge on any atom is 0.171 e. The van der Waals surface area contributed by atoms with E-state index in [4.69, 9.17) is 16.7 Å². The third kappa shape index (κ3) is 1.21. The number of hydrogen-bond donors (Lipinski definition) is 1. The average molecular weight is 197 g/mol. The van der Waals surface area contributed by atoms with E-state index in [2.05, 4.69) is 4.98 Å². The summed E-state index contributed by atoms with van der Waals surface area (Å²) in [5.41, 5.74) is 0.433. The van der Waals surface area contributed by atoms with Crippen molar-refractivity contribution in [3.05, 3.63) is 35.2 Å². The number of halogens is 2. The van der Waals surface area contributed by atoms with Crippen LogP contribution in [0.1, 0.15) is 0 Å². The van der Waals surface area contributed by atoms with Gasteiger partial charge >= 0.3 is 0 Å². The van der Waals surface area contributed by atoms with Crippen molar-refractivity contribution in [2.75, 3.05) is 0 Å². The lowest BCUT2D eigenvalue weighted by Gasteiger charge is -2.02. The number of benzene rings is 1. The molecular weight excluding hydrogens is 192 g/mol. The van der Waals surface area contributed by atoms with Crippen LogP contribution < -0.4 is 0 Å². The first-order valence-electron chi connectivity index (χ1n) is 3.62. The normalized spacial score (nSPS) is 10.6. The van der Waals surface area contributed by atoms with Gasteiger partial charge in [0.25, 0.3) is 0 Å². The predicted molar refractivity (Wildman–Crippen MR) is 48.4 cm³/mol. The lowest BCUT2D eigenvalue weighted by molar-refractivity contribution is 0.434. The van der Waals surface area contributed by atoms with E-state index in [1.165, 1.54) is 6.20 Å². The van der Waals surface area contributed by atoms with E-state index in [1.54, 1.807) is 12.1 Å². The quantitative estimate of drug-likeness (QED) is 0.703. The molecule has 66 valence electrons. The van der Waals surface area contributed by atoms with Crippen molar-refractivity contribution in [2.24, 2.45) is 0 Å². The second kappa shape index (κ2) is 2.85. The highest BCUT2D eigenvalue weighted by Gasteiger charge is 2.10. The Balaban J connectivity index is 2.94. The van der Waals surface area contributed by atoms with E-state index in [1.807, 2.05) is 0 Å². The number of phenols is 1. The van der Waals surface area contributed by atoms with Crippen molar-refractivity contribution in [1.29, 1.82) is 0 Å². The molecular formula is C9H5ClFNO. The number of nitrogens with zero attached hydrogens (tertiary/aromatic N) is 1. The van der Waals surface area contributed by atoms with Crippen molar-refractivity contribution < 1.29 is 9.50 Å². The minimum absolute atomic E-state index is 0.00287. The predicted octanol–water partition coefficient (Wildman–Crippen LogP) is 2.73. The van der Waals surface area contributed by atoms with E-state index in [0.717, 1.165) is 6.07 Å².